The van der Waals surface area contributed by atoms with Gasteiger partial charge in [-0.05, 0) is 202 Å². The maximum absolute atomic E-state index is 5.63. The molecule has 0 saturated carbocycles. The molecule has 0 amide bonds. The molecule has 0 spiro atoms. The van der Waals surface area contributed by atoms with Gasteiger partial charge in [-0.2, -0.15) is 0 Å². The van der Waals surface area contributed by atoms with Gasteiger partial charge in [-0.15, -0.1) is 11.3 Å². The van der Waals surface area contributed by atoms with Crippen LogP contribution in [0.25, 0.3) is 158 Å². The fourth-order valence-corrected chi connectivity index (χ4v) is 27.7. The lowest BCUT2D eigenvalue weighted by Crippen LogP contribution is -2.39. The Morgan fingerprint density at radius 2 is 0.605 bits per heavy atom. The molecule has 6 aliphatic heterocycles. The van der Waals surface area contributed by atoms with Gasteiger partial charge in [0.05, 0.1) is 153 Å². The second-order valence-electron chi connectivity index (χ2n) is 43.4. The van der Waals surface area contributed by atoms with Crippen LogP contribution in [0, 0.1) is 0 Å². The highest BCUT2D eigenvalue weighted by molar-refractivity contribution is 7.26. The van der Waals surface area contributed by atoms with Gasteiger partial charge in [0.1, 0.15) is 24.3 Å². The van der Waals surface area contributed by atoms with Crippen LogP contribution in [-0.2, 0) is 32.5 Å². The number of para-hydroxylation sites is 8. The minimum atomic E-state index is -0.400. The molecule has 26 aromatic rings. The van der Waals surface area contributed by atoms with Crippen LogP contribution in [0.4, 0.5) is 51.2 Å². The molecule has 704 valence electrons. The summed E-state index contributed by atoms with van der Waals surface area (Å²) in [6, 6.07) is 111. The largest absolute Gasteiger partial charge is 0.309 e. The molecule has 0 fully saturated rings. The number of anilines is 9. The van der Waals surface area contributed by atoms with Crippen molar-refractivity contribution >= 4 is 192 Å². The van der Waals surface area contributed by atoms with Crippen molar-refractivity contribution in [2.75, 3.05) is 14.7 Å². The van der Waals surface area contributed by atoms with Crippen LogP contribution in [0.15, 0.2) is 372 Å². The van der Waals surface area contributed by atoms with Crippen LogP contribution in [0.2, 0.25) is 0 Å². The molecule has 6 aliphatic rings. The number of pyridine rings is 5. The standard InChI is InChI=1S/2C45H34N6.C39H29N5S/c1-44(2)31-23-40(49-34-17-9-5-13-27(34)28-14-6-10-18-35(28)49)47-26-39(31)51-38-21-22-46-25-33(38)45(3,4)43-42(51)32(44)24-41(48-43)50-36-19-11-7-15-29(36)30-16-8-12-20-37(30)50;1-44(2)32-22-28(23-33-42(32)51(37-20-21-46-24-34(37)44)39-25-47-26-48-43(39)45(33,3)4)49-36-17-11-9-15-31(36)40-38(49)19-18-30-29-14-8-10-16-35(29)50(41(30)40)27-12-6-5-7-13-27;1-38(2)27-15-16-40-19-31(27)44-32-20-41-21-42-37(32)39(3,4)29-18-22(17-28(38)35(29)44)43-30-11-7-5-9-23(30)25-13-14-26-24-10-6-8-12-33(24)45-36(26)34(25)43/h2*5-26H,1-4H3;5-21H,1-4H3. The molecule has 0 N–H and O–H groups in total. The van der Waals surface area contributed by atoms with Crippen molar-refractivity contribution < 1.29 is 0 Å². The highest BCUT2D eigenvalue weighted by Gasteiger charge is 2.52. The monoisotopic (exact) mass is 1920 g/mol. The molecule has 19 heterocycles. The van der Waals surface area contributed by atoms with Crippen molar-refractivity contribution in [2.24, 2.45) is 0 Å². The third-order valence-corrected chi connectivity index (χ3v) is 34.8. The minimum Gasteiger partial charge on any atom is -0.309 e. The topological polar surface area (TPSA) is 150 Å². The van der Waals surface area contributed by atoms with Gasteiger partial charge < -0.3 is 28.4 Å². The van der Waals surface area contributed by atoms with Crippen molar-refractivity contribution in [3.05, 3.63) is 439 Å². The Morgan fingerprint density at radius 3 is 1.17 bits per heavy atom. The van der Waals surface area contributed by atoms with Gasteiger partial charge in [0.15, 0.2) is 0 Å². The summed E-state index contributed by atoms with van der Waals surface area (Å²) in [6.45, 7) is 27.9. The van der Waals surface area contributed by atoms with E-state index in [2.05, 4.69) is 455 Å². The first-order valence-corrected chi connectivity index (χ1v) is 51.5. The molecular formula is C129H97N17S. The summed E-state index contributed by atoms with van der Waals surface area (Å²) in [6.07, 6.45) is 21.1. The summed E-state index contributed by atoms with van der Waals surface area (Å²) in [5.41, 5.74) is 37.6. The number of benzene rings is 13. The Bertz CT molecular complexity index is 10000. The van der Waals surface area contributed by atoms with E-state index in [9.17, 15) is 0 Å². The second kappa shape index (κ2) is 30.0. The van der Waals surface area contributed by atoms with Crippen LogP contribution in [0.3, 0.4) is 0 Å². The Morgan fingerprint density at radius 1 is 0.224 bits per heavy atom. The molecule has 32 rings (SSSR count). The fraction of sp³-hybridized carbons (Fsp3) is 0.140. The smallest absolute Gasteiger partial charge is 0.138 e. The summed E-state index contributed by atoms with van der Waals surface area (Å²) in [5, 5.41) is 15.1. The van der Waals surface area contributed by atoms with Gasteiger partial charge in [0.2, 0.25) is 0 Å². The number of thiophene rings is 1. The maximum Gasteiger partial charge on any atom is 0.138 e. The molecular weight excluding hydrogens is 1820 g/mol. The Hall–Kier alpha value is -17.6. The molecule has 0 aliphatic carbocycles. The van der Waals surface area contributed by atoms with Crippen molar-refractivity contribution in [1.82, 2.24) is 67.7 Å². The highest BCUT2D eigenvalue weighted by atomic mass is 32.1. The van der Waals surface area contributed by atoms with Crippen LogP contribution >= 0.6 is 11.3 Å². The number of hydrogen-bond donors (Lipinski definition) is 0. The summed E-state index contributed by atoms with van der Waals surface area (Å²) >= 11 is 1.89. The molecule has 13 aromatic carbocycles. The van der Waals surface area contributed by atoms with Crippen LogP contribution in [0.1, 0.15) is 150 Å². The van der Waals surface area contributed by atoms with Gasteiger partial charge in [0, 0.05) is 161 Å². The number of rotatable bonds is 5. The number of nitrogens with zero attached hydrogens (tertiary/aromatic N) is 17. The molecule has 0 unspecified atom stereocenters. The molecule has 13 aromatic heterocycles. The lowest BCUT2D eigenvalue weighted by Gasteiger charge is -2.48. The van der Waals surface area contributed by atoms with Crippen molar-refractivity contribution in [3.8, 4) is 28.7 Å². The Balaban J connectivity index is 0.000000102. The average Bonchev–Trinajstić information content (AvgIpc) is 1.08. The zero-order valence-corrected chi connectivity index (χ0v) is 84.0. The predicted octanol–water partition coefficient (Wildman–Crippen LogP) is 31.7. The van der Waals surface area contributed by atoms with E-state index in [4.69, 9.17) is 19.9 Å². The molecule has 0 radical (unpaired) electrons. The summed E-state index contributed by atoms with van der Waals surface area (Å²) in [7, 11) is 0. The van der Waals surface area contributed by atoms with E-state index < -0.39 is 5.41 Å². The third kappa shape index (κ3) is 11.4. The highest BCUT2D eigenvalue weighted by Crippen LogP contribution is 2.65. The fourth-order valence-electron chi connectivity index (χ4n) is 26.5. The molecule has 147 heavy (non-hydrogen) atoms. The summed E-state index contributed by atoms with van der Waals surface area (Å²) in [4.78, 5) is 50.7. The van der Waals surface area contributed by atoms with E-state index in [1.165, 1.54) is 169 Å². The minimum absolute atomic E-state index is 0.260. The van der Waals surface area contributed by atoms with Crippen molar-refractivity contribution in [3.63, 3.8) is 0 Å². The van der Waals surface area contributed by atoms with Crippen LogP contribution in [-0.4, -0.2) is 67.7 Å². The molecule has 0 atom stereocenters. The number of hydrogen-bond acceptors (Lipinski definition) is 13. The van der Waals surface area contributed by atoms with E-state index in [0.29, 0.717) is 0 Å². The van der Waals surface area contributed by atoms with E-state index in [1.54, 1.807) is 12.7 Å². The van der Waals surface area contributed by atoms with E-state index in [0.717, 1.165) is 108 Å². The van der Waals surface area contributed by atoms with E-state index in [-0.39, 0.29) is 27.1 Å². The van der Waals surface area contributed by atoms with Crippen LogP contribution < -0.4 is 14.7 Å². The van der Waals surface area contributed by atoms with Gasteiger partial charge in [0.25, 0.3) is 0 Å². The number of aromatic nitrogens is 14. The zero-order chi connectivity index (χ0) is 98.7. The second-order valence-corrected chi connectivity index (χ2v) is 44.5. The normalized spacial score (nSPS) is 15.5. The lowest BCUT2D eigenvalue weighted by molar-refractivity contribution is 0.576. The zero-order valence-electron chi connectivity index (χ0n) is 83.2. The Kier molecular flexibility index (Phi) is 17.4. The van der Waals surface area contributed by atoms with Crippen LogP contribution in [0.5, 0.6) is 0 Å². The number of fused-ring (bicyclic) bond motifs is 32. The first kappa shape index (κ1) is 85.0. The van der Waals surface area contributed by atoms with Gasteiger partial charge in [-0.25, -0.2) is 29.9 Å². The molecule has 17 nitrogen and oxygen atoms in total. The molecule has 18 heteroatoms. The first-order chi connectivity index (χ1) is 71.5. The SMILES string of the molecule is CC1(C)c2cc(-n3c4ccccc4c4ccccc43)ncc2N2c3ccncc3C(C)(C)c3nc(-n4c5ccccc5c5ccccc54)cc1c32.CC1(C)c2ccncc2N2c3cncnc3C(C)(C)c3cc(-n4c5ccccc5c5ccc6c7ccccc7sc6c54)cc1c32.CC1(C)c2cnccc2N2c3cncnc3C(C)(C)c3cc(-n4c5ccccc5c5c4ccc4c6ccccc6n(-c6ccccc6)c45)cc1c32. The third-order valence-electron chi connectivity index (χ3n) is 33.6. The van der Waals surface area contributed by atoms with Gasteiger partial charge >= 0.3 is 0 Å². The van der Waals surface area contributed by atoms with Crippen molar-refractivity contribution in [1.29, 1.82) is 0 Å². The van der Waals surface area contributed by atoms with Gasteiger partial charge in [-0.3, -0.25) is 24.1 Å². The molecule has 0 saturated heterocycles. The quantitative estimate of drug-likeness (QED) is 0.161. The van der Waals surface area contributed by atoms with Crippen molar-refractivity contribution in [2.45, 2.75) is 116 Å². The summed E-state index contributed by atoms with van der Waals surface area (Å²) < 4.78 is 14.8. The first-order valence-electron chi connectivity index (χ1n) is 50.7. The van der Waals surface area contributed by atoms with E-state index in [1.807, 2.05) is 60.9 Å². The van der Waals surface area contributed by atoms with Gasteiger partial charge in [-0.1, -0.05) is 224 Å². The summed E-state index contributed by atoms with van der Waals surface area (Å²) in [5.74, 6) is 1.83. The average molecular weight is 1920 g/mol. The molecule has 0 bridgehead atoms. The Labute approximate surface area is 851 Å². The van der Waals surface area contributed by atoms with E-state index >= 15 is 0 Å². The maximum atomic E-state index is 5.63. The predicted molar refractivity (Wildman–Crippen MR) is 601 cm³/mol. The lowest BCUT2D eigenvalue weighted by atomic mass is 9.67.